The molecule has 1 aromatic rings. The van der Waals surface area contributed by atoms with E-state index in [0.717, 1.165) is 37.2 Å². The summed E-state index contributed by atoms with van der Waals surface area (Å²) in [6.07, 6.45) is 3.03. The van der Waals surface area contributed by atoms with Crippen molar-refractivity contribution < 1.29 is 9.84 Å². The van der Waals surface area contributed by atoms with E-state index < -0.39 is 0 Å². The Balaban J connectivity index is 2.44. The molecule has 0 radical (unpaired) electrons. The van der Waals surface area contributed by atoms with Crippen LogP contribution in [-0.2, 0) is 12.8 Å². The van der Waals surface area contributed by atoms with Crippen LogP contribution in [0, 0.1) is 0 Å². The zero-order valence-corrected chi connectivity index (χ0v) is 7.84. The number of ether oxygens (including phenoxy) is 1. The summed E-state index contributed by atoms with van der Waals surface area (Å²) in [4.78, 5) is 0. The Hall–Kier alpha value is -1.18. The van der Waals surface area contributed by atoms with Crippen LogP contribution >= 0.6 is 0 Å². The van der Waals surface area contributed by atoms with Crippen molar-refractivity contribution in [2.45, 2.75) is 26.2 Å². The Kier molecular flexibility index (Phi) is 2.13. The zero-order chi connectivity index (χ0) is 9.26. The van der Waals surface area contributed by atoms with Crippen LogP contribution in [-0.4, -0.2) is 11.7 Å². The third kappa shape index (κ3) is 1.48. The molecule has 0 bridgehead atoms. The lowest BCUT2D eigenvalue weighted by atomic mass is 10.0. The number of aromatic hydroxyl groups is 1. The Morgan fingerprint density at radius 1 is 1.46 bits per heavy atom. The zero-order valence-electron chi connectivity index (χ0n) is 7.84. The van der Waals surface area contributed by atoms with Crippen LogP contribution in [0.4, 0.5) is 0 Å². The van der Waals surface area contributed by atoms with Crippen LogP contribution < -0.4 is 4.74 Å². The maximum absolute atomic E-state index is 9.59. The summed E-state index contributed by atoms with van der Waals surface area (Å²) in [7, 11) is 0. The van der Waals surface area contributed by atoms with E-state index in [9.17, 15) is 5.11 Å². The Bertz CT molecular complexity index is 318. The predicted octanol–water partition coefficient (Wildman–Crippen LogP) is 2.28. The number of benzene rings is 1. The number of rotatable bonds is 1. The van der Waals surface area contributed by atoms with Gasteiger partial charge in [-0.1, -0.05) is 6.92 Å². The summed E-state index contributed by atoms with van der Waals surface area (Å²) in [5.41, 5.74) is 2.25. The molecule has 0 atom stereocenters. The van der Waals surface area contributed by atoms with Crippen LogP contribution in [0.1, 0.15) is 24.5 Å². The first-order valence-corrected chi connectivity index (χ1v) is 4.79. The molecule has 70 valence electrons. The maximum atomic E-state index is 9.59. The molecule has 1 aromatic carbocycles. The van der Waals surface area contributed by atoms with E-state index in [1.165, 1.54) is 5.56 Å². The van der Waals surface area contributed by atoms with Crippen LogP contribution in [0.25, 0.3) is 0 Å². The molecule has 0 saturated heterocycles. The van der Waals surface area contributed by atoms with Gasteiger partial charge in [0.05, 0.1) is 6.61 Å². The molecule has 1 aliphatic heterocycles. The third-order valence-electron chi connectivity index (χ3n) is 2.49. The Morgan fingerprint density at radius 2 is 2.31 bits per heavy atom. The minimum Gasteiger partial charge on any atom is -0.508 e. The maximum Gasteiger partial charge on any atom is 0.126 e. The van der Waals surface area contributed by atoms with Crippen molar-refractivity contribution in [3.05, 3.63) is 23.3 Å². The molecule has 0 amide bonds. The first-order valence-electron chi connectivity index (χ1n) is 4.79. The summed E-state index contributed by atoms with van der Waals surface area (Å²) in [5.74, 6) is 1.23. The SMILES string of the molecule is CCc1cc2c(cc1O)OCCC2. The molecular formula is C11H14O2. The van der Waals surface area contributed by atoms with Gasteiger partial charge in [0.15, 0.2) is 0 Å². The average Bonchev–Trinajstić information content (AvgIpc) is 2.17. The van der Waals surface area contributed by atoms with Gasteiger partial charge in [0.2, 0.25) is 0 Å². The van der Waals surface area contributed by atoms with Gasteiger partial charge in [-0.25, -0.2) is 0 Å². The second-order valence-corrected chi connectivity index (χ2v) is 3.39. The largest absolute Gasteiger partial charge is 0.508 e. The van der Waals surface area contributed by atoms with Crippen LogP contribution in [0.2, 0.25) is 0 Å². The van der Waals surface area contributed by atoms with Gasteiger partial charge in [-0.05, 0) is 36.5 Å². The monoisotopic (exact) mass is 178 g/mol. The van der Waals surface area contributed by atoms with Crippen LogP contribution in [0.3, 0.4) is 0 Å². The summed E-state index contributed by atoms with van der Waals surface area (Å²) >= 11 is 0. The number of hydrogen-bond acceptors (Lipinski definition) is 2. The molecule has 0 saturated carbocycles. The number of hydrogen-bond donors (Lipinski definition) is 1. The number of aryl methyl sites for hydroxylation is 2. The fourth-order valence-corrected chi connectivity index (χ4v) is 1.72. The summed E-state index contributed by atoms with van der Waals surface area (Å²) in [5, 5.41) is 9.59. The minimum atomic E-state index is 0.364. The summed E-state index contributed by atoms with van der Waals surface area (Å²) in [6, 6.07) is 3.80. The quantitative estimate of drug-likeness (QED) is 0.714. The van der Waals surface area contributed by atoms with Crippen molar-refractivity contribution in [2.75, 3.05) is 6.61 Å². The van der Waals surface area contributed by atoms with Gasteiger partial charge in [-0.2, -0.15) is 0 Å². The van der Waals surface area contributed by atoms with Crippen LogP contribution in [0.5, 0.6) is 11.5 Å². The molecule has 1 aliphatic rings. The van der Waals surface area contributed by atoms with Gasteiger partial charge >= 0.3 is 0 Å². The van der Waals surface area contributed by atoms with Crippen molar-refractivity contribution in [3.8, 4) is 11.5 Å². The van der Waals surface area contributed by atoms with Crippen LogP contribution in [0.15, 0.2) is 12.1 Å². The predicted molar refractivity (Wildman–Crippen MR) is 51.3 cm³/mol. The lowest BCUT2D eigenvalue weighted by Crippen LogP contribution is -2.08. The Labute approximate surface area is 78.2 Å². The van der Waals surface area contributed by atoms with E-state index in [1.54, 1.807) is 6.07 Å². The fourth-order valence-electron chi connectivity index (χ4n) is 1.72. The minimum absolute atomic E-state index is 0.364. The molecular weight excluding hydrogens is 164 g/mol. The summed E-state index contributed by atoms with van der Waals surface area (Å²) < 4.78 is 5.44. The van der Waals surface area contributed by atoms with Gasteiger partial charge in [0.1, 0.15) is 11.5 Å². The fraction of sp³-hybridized carbons (Fsp3) is 0.455. The summed E-state index contributed by atoms with van der Waals surface area (Å²) in [6.45, 7) is 2.82. The molecule has 2 heteroatoms. The van der Waals surface area contributed by atoms with E-state index in [-0.39, 0.29) is 0 Å². The highest BCUT2D eigenvalue weighted by Crippen LogP contribution is 2.31. The Morgan fingerprint density at radius 3 is 3.08 bits per heavy atom. The highest BCUT2D eigenvalue weighted by atomic mass is 16.5. The molecule has 2 nitrogen and oxygen atoms in total. The van der Waals surface area contributed by atoms with Gasteiger partial charge in [-0.3, -0.25) is 0 Å². The number of phenols is 1. The normalized spacial score (nSPS) is 14.8. The smallest absolute Gasteiger partial charge is 0.126 e. The van der Waals surface area contributed by atoms with E-state index in [4.69, 9.17) is 4.74 Å². The second-order valence-electron chi connectivity index (χ2n) is 3.39. The van der Waals surface area contributed by atoms with Gasteiger partial charge in [0, 0.05) is 6.07 Å². The van der Waals surface area contributed by atoms with E-state index in [2.05, 4.69) is 6.07 Å². The van der Waals surface area contributed by atoms with Crippen molar-refractivity contribution in [2.24, 2.45) is 0 Å². The molecule has 0 aromatic heterocycles. The lowest BCUT2D eigenvalue weighted by Gasteiger charge is -2.18. The standard InChI is InChI=1S/C11H14O2/c1-2-8-6-9-4-3-5-13-11(9)7-10(8)12/h6-7,12H,2-5H2,1H3. The first kappa shape index (κ1) is 8.42. The second kappa shape index (κ2) is 3.29. The molecule has 13 heavy (non-hydrogen) atoms. The van der Waals surface area contributed by atoms with E-state index >= 15 is 0 Å². The molecule has 0 aliphatic carbocycles. The van der Waals surface area contributed by atoms with E-state index in [0.29, 0.717) is 5.75 Å². The topological polar surface area (TPSA) is 29.5 Å². The first-order chi connectivity index (χ1) is 6.31. The van der Waals surface area contributed by atoms with E-state index in [1.807, 2.05) is 6.92 Å². The molecule has 2 rings (SSSR count). The molecule has 1 heterocycles. The van der Waals surface area contributed by atoms with Crippen molar-refractivity contribution in [1.82, 2.24) is 0 Å². The van der Waals surface area contributed by atoms with Gasteiger partial charge in [-0.15, -0.1) is 0 Å². The third-order valence-corrected chi connectivity index (χ3v) is 2.49. The lowest BCUT2D eigenvalue weighted by molar-refractivity contribution is 0.286. The van der Waals surface area contributed by atoms with Crippen molar-refractivity contribution >= 4 is 0 Å². The highest BCUT2D eigenvalue weighted by molar-refractivity contribution is 5.46. The molecule has 1 N–H and O–H groups in total. The van der Waals surface area contributed by atoms with Gasteiger partial charge in [0.25, 0.3) is 0 Å². The van der Waals surface area contributed by atoms with Gasteiger partial charge < -0.3 is 9.84 Å². The molecule has 0 unspecified atom stereocenters. The van der Waals surface area contributed by atoms with Crippen molar-refractivity contribution in [3.63, 3.8) is 0 Å². The average molecular weight is 178 g/mol. The number of fused-ring (bicyclic) bond motifs is 1. The highest BCUT2D eigenvalue weighted by Gasteiger charge is 2.12. The number of phenolic OH excluding ortho intramolecular Hbond substituents is 1. The molecule has 0 fully saturated rings. The molecule has 0 spiro atoms. The van der Waals surface area contributed by atoms with Crippen molar-refractivity contribution in [1.29, 1.82) is 0 Å².